The number of aryl methyl sites for hydroxylation is 2. The molecule has 1 aromatic carbocycles. The number of ether oxygens (including phenoxy) is 1. The second-order valence-corrected chi connectivity index (χ2v) is 10.4. The zero-order chi connectivity index (χ0) is 24.9. The van der Waals surface area contributed by atoms with E-state index in [2.05, 4.69) is 10.6 Å². The van der Waals surface area contributed by atoms with Gasteiger partial charge in [0, 0.05) is 12.1 Å². The molecule has 3 amide bonds. The molecule has 7 heteroatoms. The molecule has 0 aliphatic rings. The van der Waals surface area contributed by atoms with Gasteiger partial charge >= 0.3 is 6.09 Å². The van der Waals surface area contributed by atoms with Crippen LogP contribution in [0.15, 0.2) is 18.2 Å². The third kappa shape index (κ3) is 8.52. The molecule has 0 aliphatic carbocycles. The van der Waals surface area contributed by atoms with Crippen LogP contribution < -0.4 is 10.6 Å². The number of amides is 3. The van der Waals surface area contributed by atoms with Crippen molar-refractivity contribution in [2.75, 3.05) is 6.54 Å². The molecular formula is C25H41N3O4. The quantitative estimate of drug-likeness (QED) is 0.648. The zero-order valence-electron chi connectivity index (χ0n) is 21.4. The molecule has 180 valence electrons. The maximum Gasteiger partial charge on any atom is 0.408 e. The van der Waals surface area contributed by atoms with Crippen LogP contribution in [0.25, 0.3) is 0 Å². The van der Waals surface area contributed by atoms with Crippen molar-refractivity contribution in [2.24, 2.45) is 0 Å². The fraction of sp³-hybridized carbons (Fsp3) is 0.640. The molecule has 7 nitrogen and oxygen atoms in total. The van der Waals surface area contributed by atoms with Gasteiger partial charge in [-0.05, 0) is 79.9 Å². The van der Waals surface area contributed by atoms with Crippen LogP contribution in [0.1, 0.15) is 84.5 Å². The number of hydrogen-bond donors (Lipinski definition) is 2. The molecule has 2 N–H and O–H groups in total. The van der Waals surface area contributed by atoms with Crippen molar-refractivity contribution in [1.82, 2.24) is 15.5 Å². The lowest BCUT2D eigenvalue weighted by atomic mass is 9.95. The van der Waals surface area contributed by atoms with Gasteiger partial charge in [-0.25, -0.2) is 4.79 Å². The number of benzene rings is 1. The minimum atomic E-state index is -0.855. The van der Waals surface area contributed by atoms with Gasteiger partial charge in [0.15, 0.2) is 0 Å². The van der Waals surface area contributed by atoms with E-state index in [9.17, 15) is 14.4 Å². The van der Waals surface area contributed by atoms with Crippen molar-refractivity contribution in [2.45, 2.75) is 98.9 Å². The van der Waals surface area contributed by atoms with Crippen LogP contribution in [0.4, 0.5) is 4.79 Å². The molecule has 0 aliphatic heterocycles. The van der Waals surface area contributed by atoms with Gasteiger partial charge in [-0.3, -0.25) is 9.59 Å². The predicted molar refractivity (Wildman–Crippen MR) is 127 cm³/mol. The summed E-state index contributed by atoms with van der Waals surface area (Å²) in [6.07, 6.45) is -0.00763. The largest absolute Gasteiger partial charge is 0.444 e. The Morgan fingerprint density at radius 3 is 2.12 bits per heavy atom. The van der Waals surface area contributed by atoms with Gasteiger partial charge < -0.3 is 20.3 Å². The van der Waals surface area contributed by atoms with Crippen molar-refractivity contribution in [3.8, 4) is 0 Å². The molecule has 0 radical (unpaired) electrons. The number of rotatable bonds is 7. The minimum absolute atomic E-state index is 0.254. The minimum Gasteiger partial charge on any atom is -0.444 e. The number of hydrogen-bond acceptors (Lipinski definition) is 4. The normalized spacial score (nSPS) is 13.7. The van der Waals surface area contributed by atoms with E-state index in [-0.39, 0.29) is 11.8 Å². The number of alkyl carbamates (subject to hydrolysis) is 1. The first-order valence-electron chi connectivity index (χ1n) is 11.2. The summed E-state index contributed by atoms with van der Waals surface area (Å²) in [5, 5.41) is 5.63. The van der Waals surface area contributed by atoms with E-state index in [0.717, 1.165) is 16.7 Å². The summed E-state index contributed by atoms with van der Waals surface area (Å²) in [6.45, 7) is 18.9. The summed E-state index contributed by atoms with van der Waals surface area (Å²) in [6, 6.07) is 4.18. The van der Waals surface area contributed by atoms with Gasteiger partial charge in [0.2, 0.25) is 11.8 Å². The van der Waals surface area contributed by atoms with E-state index >= 15 is 0 Å². The molecule has 0 bridgehead atoms. The highest BCUT2D eigenvalue weighted by Gasteiger charge is 2.36. The second kappa shape index (κ2) is 10.8. The maximum atomic E-state index is 13.5. The fourth-order valence-electron chi connectivity index (χ4n) is 3.42. The highest BCUT2D eigenvalue weighted by atomic mass is 16.6. The van der Waals surface area contributed by atoms with Gasteiger partial charge in [0.1, 0.15) is 17.7 Å². The lowest BCUT2D eigenvalue weighted by molar-refractivity contribution is -0.142. The summed E-state index contributed by atoms with van der Waals surface area (Å²) in [5.41, 5.74) is 1.64. The molecule has 0 spiro atoms. The van der Waals surface area contributed by atoms with E-state index < -0.39 is 29.3 Å². The Hall–Kier alpha value is -2.57. The Kier molecular flexibility index (Phi) is 9.30. The highest BCUT2D eigenvalue weighted by Crippen LogP contribution is 2.27. The van der Waals surface area contributed by atoms with Crippen LogP contribution in [-0.4, -0.2) is 46.5 Å². The average Bonchev–Trinajstić information content (AvgIpc) is 2.59. The Morgan fingerprint density at radius 2 is 1.66 bits per heavy atom. The lowest BCUT2D eigenvalue weighted by Gasteiger charge is -2.36. The van der Waals surface area contributed by atoms with E-state index in [1.54, 1.807) is 32.6 Å². The standard InChI is InChI=1S/C25H41N3O4/c1-11-14-28(22(30)18(4)26-23(31)32-25(8,9)10)20(21(29)27-24(5,6)7)19-13-12-16(2)15-17(19)3/h12-13,15,18,20H,11,14H2,1-10H3,(H,26,31)(H,27,29). The molecule has 0 saturated carbocycles. The molecule has 32 heavy (non-hydrogen) atoms. The molecule has 2 unspecified atom stereocenters. The predicted octanol–water partition coefficient (Wildman–Crippen LogP) is 4.41. The smallest absolute Gasteiger partial charge is 0.408 e. The SMILES string of the molecule is CCCN(C(=O)C(C)NC(=O)OC(C)(C)C)C(C(=O)NC(C)(C)C)c1ccc(C)cc1C. The lowest BCUT2D eigenvalue weighted by Crippen LogP contribution is -2.54. The summed E-state index contributed by atoms with van der Waals surface area (Å²) in [7, 11) is 0. The summed E-state index contributed by atoms with van der Waals surface area (Å²) in [5.74, 6) is -0.595. The van der Waals surface area contributed by atoms with Crippen molar-refractivity contribution in [1.29, 1.82) is 0 Å². The van der Waals surface area contributed by atoms with E-state index in [1.807, 2.05) is 59.7 Å². The van der Waals surface area contributed by atoms with Gasteiger partial charge in [-0.2, -0.15) is 0 Å². The fourth-order valence-corrected chi connectivity index (χ4v) is 3.42. The van der Waals surface area contributed by atoms with Gasteiger partial charge in [0.05, 0.1) is 0 Å². The molecular weight excluding hydrogens is 406 g/mol. The van der Waals surface area contributed by atoms with Crippen molar-refractivity contribution >= 4 is 17.9 Å². The molecule has 1 rings (SSSR count). The first-order chi connectivity index (χ1) is 14.6. The maximum absolute atomic E-state index is 13.5. The molecule has 2 atom stereocenters. The number of carbonyl (C=O) groups excluding carboxylic acids is 3. The molecule has 0 heterocycles. The second-order valence-electron chi connectivity index (χ2n) is 10.4. The van der Waals surface area contributed by atoms with Crippen LogP contribution >= 0.6 is 0 Å². The monoisotopic (exact) mass is 447 g/mol. The molecule has 0 fully saturated rings. The summed E-state index contributed by atoms with van der Waals surface area (Å²) in [4.78, 5) is 40.7. The summed E-state index contributed by atoms with van der Waals surface area (Å²) < 4.78 is 5.29. The van der Waals surface area contributed by atoms with Gasteiger partial charge in [-0.15, -0.1) is 0 Å². The van der Waals surface area contributed by atoms with E-state index in [0.29, 0.717) is 13.0 Å². The van der Waals surface area contributed by atoms with Crippen LogP contribution in [-0.2, 0) is 14.3 Å². The van der Waals surface area contributed by atoms with Crippen molar-refractivity contribution < 1.29 is 19.1 Å². The third-order valence-electron chi connectivity index (χ3n) is 4.63. The van der Waals surface area contributed by atoms with Crippen LogP contribution in [0.2, 0.25) is 0 Å². The Bertz CT molecular complexity index is 821. The third-order valence-corrected chi connectivity index (χ3v) is 4.63. The zero-order valence-corrected chi connectivity index (χ0v) is 21.4. The summed E-state index contributed by atoms with van der Waals surface area (Å²) >= 11 is 0. The van der Waals surface area contributed by atoms with Crippen LogP contribution in [0.5, 0.6) is 0 Å². The number of carbonyl (C=O) groups is 3. The van der Waals surface area contributed by atoms with Crippen LogP contribution in [0.3, 0.4) is 0 Å². The van der Waals surface area contributed by atoms with Gasteiger partial charge in [-0.1, -0.05) is 30.7 Å². The van der Waals surface area contributed by atoms with Crippen LogP contribution in [0, 0.1) is 13.8 Å². The topological polar surface area (TPSA) is 87.7 Å². The Labute approximate surface area is 193 Å². The molecule has 0 aromatic heterocycles. The van der Waals surface area contributed by atoms with Crippen molar-refractivity contribution in [3.63, 3.8) is 0 Å². The highest BCUT2D eigenvalue weighted by molar-refractivity contribution is 5.92. The molecule has 0 saturated heterocycles. The Morgan fingerprint density at radius 1 is 1.06 bits per heavy atom. The van der Waals surface area contributed by atoms with Gasteiger partial charge in [0.25, 0.3) is 0 Å². The van der Waals surface area contributed by atoms with E-state index in [4.69, 9.17) is 4.74 Å². The number of nitrogens with one attached hydrogen (secondary N) is 2. The Balaban J connectivity index is 3.35. The van der Waals surface area contributed by atoms with Crippen molar-refractivity contribution in [3.05, 3.63) is 34.9 Å². The first kappa shape index (κ1) is 27.5. The van der Waals surface area contributed by atoms with E-state index in [1.165, 1.54) is 0 Å². The first-order valence-corrected chi connectivity index (χ1v) is 11.2. The number of nitrogens with zero attached hydrogens (tertiary/aromatic N) is 1. The average molecular weight is 448 g/mol. The molecule has 1 aromatic rings.